The summed E-state index contributed by atoms with van der Waals surface area (Å²) >= 11 is 0. The Morgan fingerprint density at radius 3 is 2.50 bits per heavy atom. The lowest BCUT2D eigenvalue weighted by Gasteiger charge is -2.24. The summed E-state index contributed by atoms with van der Waals surface area (Å²) in [6.07, 6.45) is 0.682. The number of amides is 1. The Kier molecular flexibility index (Phi) is 6.73. The fourth-order valence-electron chi connectivity index (χ4n) is 1.85. The van der Waals surface area contributed by atoms with Crippen LogP contribution in [-0.4, -0.2) is 48.7 Å². The number of aliphatic carboxylic acids is 1. The van der Waals surface area contributed by atoms with Gasteiger partial charge in [0.15, 0.2) is 0 Å². The van der Waals surface area contributed by atoms with E-state index in [1.165, 1.54) is 0 Å². The summed E-state index contributed by atoms with van der Waals surface area (Å²) in [5.74, 6) is -1.64. The van der Waals surface area contributed by atoms with Crippen molar-refractivity contribution in [3.8, 4) is 0 Å². The number of nitrogens with zero attached hydrogens (tertiary/aromatic N) is 1. The van der Waals surface area contributed by atoms with Crippen LogP contribution in [-0.2, 0) is 9.53 Å². The van der Waals surface area contributed by atoms with Crippen LogP contribution in [0.15, 0.2) is 30.3 Å². The van der Waals surface area contributed by atoms with Crippen molar-refractivity contribution in [1.29, 1.82) is 0 Å². The molecule has 0 aliphatic rings. The third-order valence-electron chi connectivity index (χ3n) is 3.00. The lowest BCUT2D eigenvalue weighted by molar-refractivity contribution is -0.141. The number of ether oxygens (including phenoxy) is 1. The van der Waals surface area contributed by atoms with E-state index in [9.17, 15) is 9.59 Å². The zero-order valence-corrected chi connectivity index (χ0v) is 11.9. The molecule has 1 amide bonds. The highest BCUT2D eigenvalue weighted by molar-refractivity contribution is 5.94. The van der Waals surface area contributed by atoms with Crippen LogP contribution >= 0.6 is 0 Å². The van der Waals surface area contributed by atoms with Gasteiger partial charge in [0, 0.05) is 32.4 Å². The second-order valence-electron chi connectivity index (χ2n) is 4.70. The smallest absolute Gasteiger partial charge is 0.308 e. The van der Waals surface area contributed by atoms with E-state index in [4.69, 9.17) is 9.84 Å². The zero-order valence-electron chi connectivity index (χ0n) is 11.9. The molecule has 0 aliphatic heterocycles. The Morgan fingerprint density at radius 1 is 1.30 bits per heavy atom. The van der Waals surface area contributed by atoms with Gasteiger partial charge in [-0.15, -0.1) is 0 Å². The SMILES string of the molecule is COCCCN(CC(C)C(=O)O)C(=O)c1ccccc1. The van der Waals surface area contributed by atoms with Crippen LogP contribution in [0.5, 0.6) is 0 Å². The number of benzene rings is 1. The molecule has 1 unspecified atom stereocenters. The maximum Gasteiger partial charge on any atom is 0.308 e. The monoisotopic (exact) mass is 279 g/mol. The average Bonchev–Trinajstić information content (AvgIpc) is 2.46. The van der Waals surface area contributed by atoms with Gasteiger partial charge in [-0.25, -0.2) is 0 Å². The van der Waals surface area contributed by atoms with Gasteiger partial charge in [0.2, 0.25) is 0 Å². The highest BCUT2D eigenvalue weighted by Crippen LogP contribution is 2.09. The first-order chi connectivity index (χ1) is 9.56. The molecule has 5 heteroatoms. The van der Waals surface area contributed by atoms with Crippen LogP contribution in [0.3, 0.4) is 0 Å². The first kappa shape index (κ1) is 16.2. The summed E-state index contributed by atoms with van der Waals surface area (Å²) < 4.78 is 4.98. The first-order valence-electron chi connectivity index (χ1n) is 6.62. The highest BCUT2D eigenvalue weighted by Gasteiger charge is 2.21. The summed E-state index contributed by atoms with van der Waals surface area (Å²) in [5, 5.41) is 8.99. The van der Waals surface area contributed by atoms with Gasteiger partial charge >= 0.3 is 5.97 Å². The number of hydrogen-bond acceptors (Lipinski definition) is 3. The number of carbonyl (C=O) groups excluding carboxylic acids is 1. The Labute approximate surface area is 119 Å². The third-order valence-corrected chi connectivity index (χ3v) is 3.00. The molecule has 0 aromatic heterocycles. The van der Waals surface area contributed by atoms with E-state index in [2.05, 4.69) is 0 Å². The van der Waals surface area contributed by atoms with E-state index in [-0.39, 0.29) is 12.5 Å². The lowest BCUT2D eigenvalue weighted by atomic mass is 10.1. The van der Waals surface area contributed by atoms with E-state index in [1.807, 2.05) is 6.07 Å². The predicted molar refractivity (Wildman–Crippen MR) is 75.6 cm³/mol. The van der Waals surface area contributed by atoms with Crippen molar-refractivity contribution in [2.75, 3.05) is 26.8 Å². The Bertz CT molecular complexity index is 433. The molecular formula is C15H21NO4. The molecule has 0 bridgehead atoms. The topological polar surface area (TPSA) is 66.8 Å². The minimum atomic E-state index is -0.900. The summed E-state index contributed by atoms with van der Waals surface area (Å²) in [5.41, 5.74) is 0.572. The molecule has 1 N–H and O–H groups in total. The highest BCUT2D eigenvalue weighted by atomic mass is 16.5. The summed E-state index contributed by atoms with van der Waals surface area (Å²) in [4.78, 5) is 24.9. The van der Waals surface area contributed by atoms with E-state index in [0.717, 1.165) is 0 Å². The third kappa shape index (κ3) is 5.01. The molecule has 1 atom stereocenters. The minimum Gasteiger partial charge on any atom is -0.481 e. The van der Waals surface area contributed by atoms with Crippen molar-refractivity contribution >= 4 is 11.9 Å². The van der Waals surface area contributed by atoms with Gasteiger partial charge in [-0.2, -0.15) is 0 Å². The van der Waals surface area contributed by atoms with Crippen LogP contribution in [0, 0.1) is 5.92 Å². The zero-order chi connectivity index (χ0) is 15.0. The van der Waals surface area contributed by atoms with E-state index < -0.39 is 11.9 Å². The van der Waals surface area contributed by atoms with Crippen LogP contribution in [0.25, 0.3) is 0 Å². The molecule has 0 saturated heterocycles. The van der Waals surface area contributed by atoms with Crippen molar-refractivity contribution in [1.82, 2.24) is 4.90 Å². The van der Waals surface area contributed by atoms with Crippen molar-refractivity contribution in [2.45, 2.75) is 13.3 Å². The van der Waals surface area contributed by atoms with E-state index >= 15 is 0 Å². The maximum atomic E-state index is 12.4. The molecule has 0 radical (unpaired) electrons. The summed E-state index contributed by atoms with van der Waals surface area (Å²) in [6.45, 7) is 2.83. The second-order valence-corrected chi connectivity index (χ2v) is 4.70. The van der Waals surface area contributed by atoms with Crippen molar-refractivity contribution in [3.05, 3.63) is 35.9 Å². The number of methoxy groups -OCH3 is 1. The van der Waals surface area contributed by atoms with Gasteiger partial charge in [-0.1, -0.05) is 25.1 Å². The van der Waals surface area contributed by atoms with Gasteiger partial charge in [0.25, 0.3) is 5.91 Å². The number of carboxylic acids is 1. The molecule has 0 fully saturated rings. The standard InChI is InChI=1S/C15H21NO4/c1-12(15(18)19)11-16(9-6-10-20-2)14(17)13-7-4-3-5-8-13/h3-5,7-8,12H,6,9-11H2,1-2H3,(H,18,19). The molecule has 5 nitrogen and oxygen atoms in total. The van der Waals surface area contributed by atoms with Gasteiger partial charge in [0.1, 0.15) is 0 Å². The number of carbonyl (C=O) groups is 2. The number of rotatable bonds is 8. The van der Waals surface area contributed by atoms with Gasteiger partial charge in [0.05, 0.1) is 5.92 Å². The molecule has 1 aromatic carbocycles. The lowest BCUT2D eigenvalue weighted by Crippen LogP contribution is -2.38. The second kappa shape index (κ2) is 8.32. The van der Waals surface area contributed by atoms with E-state index in [0.29, 0.717) is 25.1 Å². The minimum absolute atomic E-state index is 0.144. The van der Waals surface area contributed by atoms with Gasteiger partial charge in [-0.05, 0) is 18.6 Å². The largest absolute Gasteiger partial charge is 0.481 e. The molecule has 0 heterocycles. The molecule has 0 spiro atoms. The van der Waals surface area contributed by atoms with Crippen LogP contribution in [0.2, 0.25) is 0 Å². The number of hydrogen-bond donors (Lipinski definition) is 1. The number of carboxylic acid groups (broad SMARTS) is 1. The molecular weight excluding hydrogens is 258 g/mol. The molecule has 0 aliphatic carbocycles. The molecule has 1 aromatic rings. The summed E-state index contributed by atoms with van der Waals surface area (Å²) in [7, 11) is 1.60. The molecule has 20 heavy (non-hydrogen) atoms. The maximum absolute atomic E-state index is 12.4. The van der Waals surface area contributed by atoms with Gasteiger partial charge < -0.3 is 14.7 Å². The van der Waals surface area contributed by atoms with Crippen LogP contribution < -0.4 is 0 Å². The van der Waals surface area contributed by atoms with Crippen LogP contribution in [0.1, 0.15) is 23.7 Å². The van der Waals surface area contributed by atoms with Crippen LogP contribution in [0.4, 0.5) is 0 Å². The van der Waals surface area contributed by atoms with Gasteiger partial charge in [-0.3, -0.25) is 9.59 Å². The predicted octanol–water partition coefficient (Wildman–Crippen LogP) is 1.89. The Morgan fingerprint density at radius 2 is 1.95 bits per heavy atom. The van der Waals surface area contributed by atoms with E-state index in [1.54, 1.807) is 43.2 Å². The fourth-order valence-corrected chi connectivity index (χ4v) is 1.85. The van der Waals surface area contributed by atoms with Crippen molar-refractivity contribution in [2.24, 2.45) is 5.92 Å². The Hall–Kier alpha value is -1.88. The molecule has 1 rings (SSSR count). The average molecular weight is 279 g/mol. The normalized spacial score (nSPS) is 11.9. The molecule has 0 saturated carbocycles. The van der Waals surface area contributed by atoms with Crippen molar-refractivity contribution in [3.63, 3.8) is 0 Å². The quantitative estimate of drug-likeness (QED) is 0.738. The first-order valence-corrected chi connectivity index (χ1v) is 6.62. The summed E-state index contributed by atoms with van der Waals surface area (Å²) in [6, 6.07) is 8.89. The fraction of sp³-hybridized carbons (Fsp3) is 0.467. The molecule has 110 valence electrons. The Balaban J connectivity index is 2.75. The van der Waals surface area contributed by atoms with Crippen molar-refractivity contribution < 1.29 is 19.4 Å².